The molecule has 152 valence electrons. The third-order valence-corrected chi connectivity index (χ3v) is 6.15. The number of nitrogens with zero attached hydrogens (tertiary/aromatic N) is 1. The number of sulfonamides is 1. The summed E-state index contributed by atoms with van der Waals surface area (Å²) in [7, 11) is -3.68. The van der Waals surface area contributed by atoms with Crippen LogP contribution in [0.2, 0.25) is 10.0 Å². The maximum Gasteiger partial charge on any atom is 0.244 e. The molecular weight excluding hydrogens is 419 g/mol. The van der Waals surface area contributed by atoms with Crippen LogP contribution in [0.1, 0.15) is 30.0 Å². The van der Waals surface area contributed by atoms with Gasteiger partial charge in [-0.2, -0.15) is 0 Å². The predicted molar refractivity (Wildman–Crippen MR) is 116 cm³/mol. The normalized spacial score (nSPS) is 12.5. The molecule has 1 amide bonds. The number of nitrogens with one attached hydrogen (secondary N) is 1. The Bertz CT molecular complexity index is 977. The van der Waals surface area contributed by atoms with Gasteiger partial charge in [-0.1, -0.05) is 48.3 Å². The van der Waals surface area contributed by atoms with Crippen molar-refractivity contribution in [3.63, 3.8) is 0 Å². The van der Waals surface area contributed by atoms with E-state index in [1.165, 1.54) is 4.31 Å². The Morgan fingerprint density at radius 3 is 2.39 bits per heavy atom. The number of halogens is 2. The molecule has 0 saturated carbocycles. The molecule has 1 unspecified atom stereocenters. The zero-order valence-electron chi connectivity index (χ0n) is 16.3. The molecule has 2 aromatic rings. The van der Waals surface area contributed by atoms with Crippen molar-refractivity contribution in [3.05, 3.63) is 63.1 Å². The summed E-state index contributed by atoms with van der Waals surface area (Å²) in [5.74, 6) is -0.389. The van der Waals surface area contributed by atoms with E-state index in [1.54, 1.807) is 31.2 Å². The topological polar surface area (TPSA) is 66.5 Å². The van der Waals surface area contributed by atoms with Crippen LogP contribution < -0.4 is 9.62 Å². The highest BCUT2D eigenvalue weighted by Gasteiger charge is 2.32. The van der Waals surface area contributed by atoms with E-state index in [0.29, 0.717) is 27.7 Å². The van der Waals surface area contributed by atoms with E-state index in [9.17, 15) is 13.2 Å². The number of amides is 1. The molecule has 0 saturated heterocycles. The van der Waals surface area contributed by atoms with Crippen LogP contribution in [0.15, 0.2) is 36.4 Å². The van der Waals surface area contributed by atoms with E-state index in [4.69, 9.17) is 23.2 Å². The van der Waals surface area contributed by atoms with Crippen molar-refractivity contribution >= 4 is 44.8 Å². The Morgan fingerprint density at radius 1 is 1.14 bits per heavy atom. The molecular formula is C20H24Cl2N2O3S. The average Bonchev–Trinajstić information content (AvgIpc) is 2.60. The van der Waals surface area contributed by atoms with Crippen LogP contribution in [0, 0.1) is 13.8 Å². The molecule has 0 radical (unpaired) electrons. The molecule has 8 heteroatoms. The largest absolute Gasteiger partial charge is 0.350 e. The minimum atomic E-state index is -3.68. The highest BCUT2D eigenvalue weighted by atomic mass is 35.5. The first-order chi connectivity index (χ1) is 13.0. The van der Waals surface area contributed by atoms with Crippen molar-refractivity contribution in [2.75, 3.05) is 10.6 Å². The number of anilines is 1. The molecule has 28 heavy (non-hydrogen) atoms. The highest BCUT2D eigenvalue weighted by molar-refractivity contribution is 7.92. The lowest BCUT2D eigenvalue weighted by Crippen LogP contribution is -2.49. The molecule has 0 heterocycles. The molecule has 1 N–H and O–H groups in total. The summed E-state index contributed by atoms with van der Waals surface area (Å²) in [5, 5.41) is 3.74. The predicted octanol–water partition coefficient (Wildman–Crippen LogP) is 4.47. The summed E-state index contributed by atoms with van der Waals surface area (Å²) < 4.78 is 26.4. The number of rotatable bonds is 7. The van der Waals surface area contributed by atoms with Crippen molar-refractivity contribution in [1.29, 1.82) is 0 Å². The fraction of sp³-hybridized carbons (Fsp3) is 0.350. The van der Waals surface area contributed by atoms with E-state index in [1.807, 2.05) is 26.0 Å². The third kappa shape index (κ3) is 5.40. The van der Waals surface area contributed by atoms with E-state index >= 15 is 0 Å². The van der Waals surface area contributed by atoms with Crippen LogP contribution in [-0.4, -0.2) is 26.6 Å². The molecule has 2 aromatic carbocycles. The molecule has 0 fully saturated rings. The zero-order valence-corrected chi connectivity index (χ0v) is 18.6. The van der Waals surface area contributed by atoms with Gasteiger partial charge in [0.25, 0.3) is 0 Å². The van der Waals surface area contributed by atoms with Gasteiger partial charge in [-0.3, -0.25) is 9.10 Å². The summed E-state index contributed by atoms with van der Waals surface area (Å²) >= 11 is 12.0. The number of hydrogen-bond acceptors (Lipinski definition) is 3. The third-order valence-electron chi connectivity index (χ3n) is 4.40. The zero-order chi connectivity index (χ0) is 21.1. The Kier molecular flexibility index (Phi) is 7.37. The van der Waals surface area contributed by atoms with Crippen molar-refractivity contribution in [2.24, 2.45) is 0 Å². The number of carbonyl (C=O) groups excluding carboxylic acids is 1. The van der Waals surface area contributed by atoms with Gasteiger partial charge < -0.3 is 5.32 Å². The van der Waals surface area contributed by atoms with E-state index in [2.05, 4.69) is 5.32 Å². The Balaban J connectivity index is 2.32. The second-order valence-corrected chi connectivity index (χ2v) is 9.43. The maximum atomic E-state index is 12.9. The second-order valence-electron chi connectivity index (χ2n) is 6.73. The van der Waals surface area contributed by atoms with Gasteiger partial charge in [0.05, 0.1) is 11.9 Å². The van der Waals surface area contributed by atoms with Crippen molar-refractivity contribution in [2.45, 2.75) is 39.8 Å². The fourth-order valence-corrected chi connectivity index (χ4v) is 4.69. The van der Waals surface area contributed by atoms with Gasteiger partial charge in [0.1, 0.15) is 6.04 Å². The van der Waals surface area contributed by atoms with Gasteiger partial charge in [0.2, 0.25) is 15.9 Å². The molecule has 0 bridgehead atoms. The average molecular weight is 443 g/mol. The summed E-state index contributed by atoms with van der Waals surface area (Å²) in [6.45, 7) is 5.66. The number of carbonyl (C=O) groups is 1. The summed E-state index contributed by atoms with van der Waals surface area (Å²) in [4.78, 5) is 12.9. The maximum absolute atomic E-state index is 12.9. The van der Waals surface area contributed by atoms with E-state index < -0.39 is 16.1 Å². The van der Waals surface area contributed by atoms with Crippen LogP contribution in [0.5, 0.6) is 0 Å². The van der Waals surface area contributed by atoms with Crippen LogP contribution in [0.25, 0.3) is 0 Å². The van der Waals surface area contributed by atoms with E-state index in [-0.39, 0.29) is 12.5 Å². The Labute approximate surface area is 176 Å². The minimum Gasteiger partial charge on any atom is -0.350 e. The molecule has 0 aliphatic heterocycles. The Morgan fingerprint density at radius 2 is 1.82 bits per heavy atom. The van der Waals surface area contributed by atoms with Gasteiger partial charge in [-0.05, 0) is 55.2 Å². The van der Waals surface area contributed by atoms with Crippen molar-refractivity contribution in [3.8, 4) is 0 Å². The number of aryl methyl sites for hydroxylation is 2. The Hall–Kier alpha value is -1.76. The van der Waals surface area contributed by atoms with Gasteiger partial charge in [0, 0.05) is 16.6 Å². The monoisotopic (exact) mass is 442 g/mol. The summed E-state index contributed by atoms with van der Waals surface area (Å²) in [6.07, 6.45) is 1.43. The van der Waals surface area contributed by atoms with Crippen LogP contribution in [0.3, 0.4) is 0 Å². The second kappa shape index (κ2) is 9.16. The molecule has 2 rings (SSSR count). The summed E-state index contributed by atoms with van der Waals surface area (Å²) in [6, 6.07) is 9.67. The molecule has 5 nitrogen and oxygen atoms in total. The molecule has 0 aromatic heterocycles. The first-order valence-electron chi connectivity index (χ1n) is 8.83. The first-order valence-corrected chi connectivity index (χ1v) is 11.4. The molecule has 1 atom stereocenters. The van der Waals surface area contributed by atoms with Crippen molar-refractivity contribution < 1.29 is 13.2 Å². The lowest BCUT2D eigenvalue weighted by Gasteiger charge is -2.31. The smallest absolute Gasteiger partial charge is 0.244 e. The number of benzene rings is 2. The number of hydrogen-bond donors (Lipinski definition) is 1. The lowest BCUT2D eigenvalue weighted by atomic mass is 10.1. The minimum absolute atomic E-state index is 0.176. The SMILES string of the molecule is CCC(C(=O)NCc1ccc(Cl)cc1Cl)N(c1cc(C)ccc1C)S(C)(=O)=O. The highest BCUT2D eigenvalue weighted by Crippen LogP contribution is 2.27. The van der Waals surface area contributed by atoms with Crippen LogP contribution in [-0.2, 0) is 21.4 Å². The first kappa shape index (κ1) is 22.5. The standard InChI is InChI=1S/C20H24Cl2N2O3S/c1-5-18(20(25)23-12-15-8-9-16(21)11-17(15)22)24(28(4,26)27)19-10-13(2)6-7-14(19)3/h6-11,18H,5,12H2,1-4H3,(H,23,25). The van der Waals surface area contributed by atoms with Gasteiger partial charge in [-0.25, -0.2) is 8.42 Å². The van der Waals surface area contributed by atoms with Crippen LogP contribution >= 0.6 is 23.2 Å². The fourth-order valence-electron chi connectivity index (χ4n) is 2.96. The van der Waals surface area contributed by atoms with Crippen LogP contribution in [0.4, 0.5) is 5.69 Å². The van der Waals surface area contributed by atoms with Crippen molar-refractivity contribution in [1.82, 2.24) is 5.32 Å². The molecule has 0 spiro atoms. The van der Waals surface area contributed by atoms with E-state index in [0.717, 1.165) is 17.4 Å². The lowest BCUT2D eigenvalue weighted by molar-refractivity contribution is -0.122. The summed E-state index contributed by atoms with van der Waals surface area (Å²) in [5.41, 5.74) is 2.90. The van der Waals surface area contributed by atoms with Gasteiger partial charge >= 0.3 is 0 Å². The van der Waals surface area contributed by atoms with Gasteiger partial charge in [0.15, 0.2) is 0 Å². The van der Waals surface area contributed by atoms with Gasteiger partial charge in [-0.15, -0.1) is 0 Å². The quantitative estimate of drug-likeness (QED) is 0.687. The molecule has 0 aliphatic carbocycles. The molecule has 0 aliphatic rings.